The summed E-state index contributed by atoms with van der Waals surface area (Å²) in [6, 6.07) is 29.5. The van der Waals surface area contributed by atoms with Crippen LogP contribution in [0.25, 0.3) is 10.9 Å². The summed E-state index contributed by atoms with van der Waals surface area (Å²) in [6.45, 7) is 4.30. The molecule has 1 aliphatic carbocycles. The van der Waals surface area contributed by atoms with Gasteiger partial charge in [0.25, 0.3) is 0 Å². The molecule has 1 aliphatic rings. The molecule has 0 aliphatic heterocycles. The van der Waals surface area contributed by atoms with Crippen molar-refractivity contribution in [3.05, 3.63) is 125 Å². The molecule has 1 atom stereocenters. The lowest BCUT2D eigenvalue weighted by atomic mass is 9.78. The minimum atomic E-state index is -1.22. The Hall–Kier alpha value is -4.97. The highest BCUT2D eigenvalue weighted by Gasteiger charge is 2.44. The maximum atomic E-state index is 13.6. The molecule has 0 bridgehead atoms. The third kappa shape index (κ3) is 4.18. The Morgan fingerprint density at radius 1 is 0.775 bits per heavy atom. The summed E-state index contributed by atoms with van der Waals surface area (Å²) in [5.74, 6) is -0.613. The van der Waals surface area contributed by atoms with Crippen LogP contribution in [0.4, 0.5) is 0 Å². The van der Waals surface area contributed by atoms with Gasteiger partial charge in [0, 0.05) is 16.4 Å². The number of benzene rings is 4. The van der Waals surface area contributed by atoms with Crippen molar-refractivity contribution in [3.63, 3.8) is 0 Å². The van der Waals surface area contributed by atoms with E-state index in [-0.39, 0.29) is 28.0 Å². The smallest absolute Gasteiger partial charge is 0.184 e. The summed E-state index contributed by atoms with van der Waals surface area (Å²) >= 11 is 0. The summed E-state index contributed by atoms with van der Waals surface area (Å²) in [5, 5.41) is 11.4. The van der Waals surface area contributed by atoms with Crippen LogP contribution in [0.15, 0.2) is 97.1 Å². The second-order valence-corrected chi connectivity index (χ2v) is 10.4. The minimum Gasteiger partial charge on any atom is -0.506 e. The molecule has 4 aromatic carbocycles. The second-order valence-electron chi connectivity index (χ2n) is 10.4. The van der Waals surface area contributed by atoms with Gasteiger partial charge in [0.05, 0.1) is 18.2 Å². The Morgan fingerprint density at radius 2 is 1.43 bits per heavy atom. The number of hydrogen-bond donors (Lipinski definition) is 1. The molecule has 1 unspecified atom stereocenters. The predicted molar refractivity (Wildman–Crippen MR) is 153 cm³/mol. The zero-order chi connectivity index (χ0) is 28.0. The first-order valence-corrected chi connectivity index (χ1v) is 13.0. The first-order chi connectivity index (χ1) is 19.3. The number of aromatic hydroxyl groups is 1. The van der Waals surface area contributed by atoms with Crippen LogP contribution in [0.5, 0.6) is 23.0 Å². The summed E-state index contributed by atoms with van der Waals surface area (Å²) < 4.78 is 11.4. The van der Waals surface area contributed by atoms with Gasteiger partial charge in [-0.3, -0.25) is 9.59 Å². The molecule has 0 saturated carbocycles. The Morgan fingerprint density at radius 3 is 2.10 bits per heavy atom. The molecule has 6 nitrogen and oxygen atoms in total. The normalized spacial score (nSPS) is 14.8. The molecule has 1 aromatic heterocycles. The van der Waals surface area contributed by atoms with Crippen molar-refractivity contribution in [1.29, 1.82) is 0 Å². The molecule has 0 spiro atoms. The Balaban J connectivity index is 1.29. The van der Waals surface area contributed by atoms with E-state index < -0.39 is 17.5 Å². The van der Waals surface area contributed by atoms with Gasteiger partial charge < -0.3 is 14.6 Å². The van der Waals surface area contributed by atoms with Gasteiger partial charge in [-0.15, -0.1) is 0 Å². The number of methoxy groups -OCH3 is 1. The zero-order valence-corrected chi connectivity index (χ0v) is 22.3. The van der Waals surface area contributed by atoms with Crippen molar-refractivity contribution in [3.8, 4) is 23.0 Å². The largest absolute Gasteiger partial charge is 0.506 e. The molecule has 1 heterocycles. The fourth-order valence-electron chi connectivity index (χ4n) is 5.32. The zero-order valence-electron chi connectivity index (χ0n) is 22.3. The van der Waals surface area contributed by atoms with Gasteiger partial charge in [0.2, 0.25) is 0 Å². The molecule has 0 radical (unpaired) electrons. The number of fused-ring (bicyclic) bond motifs is 2. The van der Waals surface area contributed by atoms with Crippen molar-refractivity contribution in [1.82, 2.24) is 4.98 Å². The highest BCUT2D eigenvalue weighted by molar-refractivity contribution is 6.30. The van der Waals surface area contributed by atoms with Crippen LogP contribution in [-0.2, 0) is 5.41 Å². The highest BCUT2D eigenvalue weighted by atomic mass is 16.5. The van der Waals surface area contributed by atoms with Gasteiger partial charge in [-0.05, 0) is 53.6 Å². The molecular formula is C34H27NO5. The lowest BCUT2D eigenvalue weighted by Crippen LogP contribution is -2.18. The Labute approximate surface area is 231 Å². The van der Waals surface area contributed by atoms with E-state index in [0.717, 1.165) is 22.3 Å². The Bertz CT molecular complexity index is 1770. The maximum Gasteiger partial charge on any atom is 0.184 e. The van der Waals surface area contributed by atoms with Crippen molar-refractivity contribution in [2.24, 2.45) is 0 Å². The molecule has 1 N–H and O–H groups in total. The van der Waals surface area contributed by atoms with Crippen LogP contribution in [-0.4, -0.2) is 28.8 Å². The van der Waals surface area contributed by atoms with Gasteiger partial charge in [-0.1, -0.05) is 68.4 Å². The van der Waals surface area contributed by atoms with E-state index in [9.17, 15) is 14.7 Å². The van der Waals surface area contributed by atoms with Crippen LogP contribution >= 0.6 is 0 Å². The lowest BCUT2D eigenvalue weighted by Gasteiger charge is -2.26. The third-order valence-electron chi connectivity index (χ3n) is 7.68. The summed E-state index contributed by atoms with van der Waals surface area (Å²) in [5.41, 5.74) is 3.09. The fourth-order valence-corrected chi connectivity index (χ4v) is 5.32. The average molecular weight is 530 g/mol. The monoisotopic (exact) mass is 529 g/mol. The number of ether oxygens (including phenoxy) is 2. The number of hydrogen-bond acceptors (Lipinski definition) is 6. The first-order valence-electron chi connectivity index (χ1n) is 13.0. The van der Waals surface area contributed by atoms with Crippen molar-refractivity contribution in [2.75, 3.05) is 7.11 Å². The van der Waals surface area contributed by atoms with E-state index in [4.69, 9.17) is 9.47 Å². The number of ketones is 2. The molecule has 6 rings (SSSR count). The third-order valence-corrected chi connectivity index (χ3v) is 7.68. The van der Waals surface area contributed by atoms with Crippen molar-refractivity contribution < 1.29 is 24.2 Å². The lowest BCUT2D eigenvalue weighted by molar-refractivity contribution is 0.0885. The molecule has 40 heavy (non-hydrogen) atoms. The van der Waals surface area contributed by atoms with E-state index in [0.29, 0.717) is 17.0 Å². The molecule has 198 valence electrons. The van der Waals surface area contributed by atoms with E-state index >= 15 is 0 Å². The van der Waals surface area contributed by atoms with E-state index in [1.54, 1.807) is 31.4 Å². The van der Waals surface area contributed by atoms with Crippen LogP contribution in [0.2, 0.25) is 0 Å². The number of para-hydroxylation sites is 1. The predicted octanol–water partition coefficient (Wildman–Crippen LogP) is 7.23. The van der Waals surface area contributed by atoms with Gasteiger partial charge in [-0.25, -0.2) is 4.98 Å². The molecule has 5 aromatic rings. The fraction of sp³-hybridized carbons (Fsp3) is 0.147. The summed E-state index contributed by atoms with van der Waals surface area (Å²) in [4.78, 5) is 31.5. The summed E-state index contributed by atoms with van der Waals surface area (Å²) in [6.07, 6.45) is 0. The Kier molecular flexibility index (Phi) is 6.11. The van der Waals surface area contributed by atoms with Gasteiger partial charge in [0.1, 0.15) is 34.6 Å². The topological polar surface area (TPSA) is 85.7 Å². The number of nitrogens with zero attached hydrogens (tertiary/aromatic N) is 1. The van der Waals surface area contributed by atoms with Crippen LogP contribution < -0.4 is 9.47 Å². The summed E-state index contributed by atoms with van der Waals surface area (Å²) in [7, 11) is 1.65. The second kappa shape index (κ2) is 9.65. The van der Waals surface area contributed by atoms with Gasteiger partial charge in [0.15, 0.2) is 11.6 Å². The number of carbonyl (C=O) groups is 2. The van der Waals surface area contributed by atoms with Crippen molar-refractivity contribution in [2.45, 2.75) is 25.2 Å². The van der Waals surface area contributed by atoms with Crippen molar-refractivity contribution >= 4 is 22.5 Å². The SMILES string of the molecule is COc1ccc(C(C)(C)c2ccc(Oc3cccc4c3C(=O)C(c3nc5ccccc5cc3O)C4=O)cc2)cc1. The molecule has 0 amide bonds. The quantitative estimate of drug-likeness (QED) is 0.234. The number of Topliss-reactive ketones (excluding diaryl/α,β-unsaturated/α-hetero) is 2. The van der Waals surface area contributed by atoms with E-state index in [1.807, 2.05) is 54.6 Å². The maximum absolute atomic E-state index is 13.6. The first kappa shape index (κ1) is 25.3. The molecule has 0 saturated heterocycles. The van der Waals surface area contributed by atoms with Crippen LogP contribution in [0, 0.1) is 0 Å². The van der Waals surface area contributed by atoms with Crippen LogP contribution in [0.1, 0.15) is 57.3 Å². The molecular weight excluding hydrogens is 502 g/mol. The average Bonchev–Trinajstić information content (AvgIpc) is 3.23. The highest BCUT2D eigenvalue weighted by Crippen LogP contribution is 2.42. The van der Waals surface area contributed by atoms with E-state index in [1.165, 1.54) is 6.07 Å². The van der Waals surface area contributed by atoms with E-state index in [2.05, 4.69) is 31.0 Å². The van der Waals surface area contributed by atoms with Gasteiger partial charge >= 0.3 is 0 Å². The standard InChI is InChI=1S/C34H27NO5/c1-34(2,21-11-15-23(39-3)16-12-21)22-13-17-24(18-14-22)40-28-10-6-8-25-29(28)33(38)30(32(25)37)31-27(36)19-20-7-4-5-9-26(20)35-31/h4-19,30,36H,1-3H3. The minimum absolute atomic E-state index is 0.0565. The number of carbonyl (C=O) groups excluding carboxylic acids is 2. The number of aromatic nitrogens is 1. The molecule has 0 fully saturated rings. The molecule has 6 heteroatoms. The van der Waals surface area contributed by atoms with Crippen LogP contribution in [0.3, 0.4) is 0 Å². The number of pyridine rings is 1. The number of rotatable bonds is 6. The van der Waals surface area contributed by atoms with Gasteiger partial charge in [-0.2, -0.15) is 0 Å².